The summed E-state index contributed by atoms with van der Waals surface area (Å²) in [5.74, 6) is 1.44. The van der Waals surface area contributed by atoms with Crippen LogP contribution in [0.3, 0.4) is 0 Å². The van der Waals surface area contributed by atoms with Gasteiger partial charge >= 0.3 is 0 Å². The molecule has 0 amide bonds. The van der Waals surface area contributed by atoms with E-state index in [0.717, 1.165) is 55.7 Å². The molecule has 0 aliphatic heterocycles. The maximum atomic E-state index is 5.53. The normalized spacial score (nSPS) is 11.9. The van der Waals surface area contributed by atoms with Gasteiger partial charge in [-0.1, -0.05) is 6.07 Å². The molecule has 0 aliphatic rings. The molecule has 0 unspecified atom stereocenters. The van der Waals surface area contributed by atoms with Crippen LogP contribution >= 0.6 is 11.3 Å². The quantitative estimate of drug-likeness (QED) is 0.355. The molecule has 0 bridgehead atoms. The highest BCUT2D eigenvalue weighted by Gasteiger charge is 2.07. The molecular weight excluding hydrogens is 350 g/mol. The highest BCUT2D eigenvalue weighted by molar-refractivity contribution is 7.13. The van der Waals surface area contributed by atoms with Gasteiger partial charge in [-0.25, -0.2) is 9.98 Å². The zero-order valence-corrected chi connectivity index (χ0v) is 16.6. The molecule has 2 aromatic heterocycles. The molecule has 0 atom stereocenters. The van der Waals surface area contributed by atoms with Crippen LogP contribution in [0.5, 0.6) is 0 Å². The second-order valence-electron chi connectivity index (χ2n) is 5.89. The third-order valence-corrected chi connectivity index (χ3v) is 4.56. The first-order valence-electron chi connectivity index (χ1n) is 8.91. The van der Waals surface area contributed by atoms with Crippen LogP contribution in [0.2, 0.25) is 0 Å². The van der Waals surface area contributed by atoms with Crippen molar-refractivity contribution in [2.45, 2.75) is 19.9 Å². The number of hydrogen-bond acceptors (Lipinski definition) is 6. The lowest BCUT2D eigenvalue weighted by Gasteiger charge is -2.18. The molecule has 0 fully saturated rings. The maximum Gasteiger partial charge on any atom is 0.236 e. The van der Waals surface area contributed by atoms with Crippen molar-refractivity contribution < 1.29 is 9.15 Å². The molecule has 2 heterocycles. The van der Waals surface area contributed by atoms with Crippen molar-refractivity contribution in [1.82, 2.24) is 20.5 Å². The van der Waals surface area contributed by atoms with E-state index < -0.39 is 0 Å². The van der Waals surface area contributed by atoms with E-state index in [9.17, 15) is 0 Å². The second kappa shape index (κ2) is 11.7. The molecule has 7 nitrogen and oxygen atoms in total. The summed E-state index contributed by atoms with van der Waals surface area (Å²) < 4.78 is 10.6. The van der Waals surface area contributed by atoms with Crippen LogP contribution in [-0.4, -0.2) is 62.8 Å². The summed E-state index contributed by atoms with van der Waals surface area (Å²) in [6.07, 6.45) is 2.71. The smallest absolute Gasteiger partial charge is 0.236 e. The minimum atomic E-state index is 0.480. The monoisotopic (exact) mass is 379 g/mol. The third-order valence-electron chi connectivity index (χ3n) is 3.70. The molecule has 0 spiro atoms. The van der Waals surface area contributed by atoms with Gasteiger partial charge < -0.3 is 24.7 Å². The van der Waals surface area contributed by atoms with Crippen molar-refractivity contribution in [3.05, 3.63) is 29.5 Å². The minimum absolute atomic E-state index is 0.480. The van der Waals surface area contributed by atoms with Gasteiger partial charge in [0.2, 0.25) is 5.89 Å². The first-order chi connectivity index (χ1) is 12.7. The number of guanidine groups is 1. The summed E-state index contributed by atoms with van der Waals surface area (Å²) in [5, 5.41) is 8.62. The summed E-state index contributed by atoms with van der Waals surface area (Å²) in [6.45, 7) is 6.94. The average molecular weight is 380 g/mol. The molecule has 2 rings (SSSR count). The van der Waals surface area contributed by atoms with Gasteiger partial charge in [-0.15, -0.1) is 11.3 Å². The highest BCUT2D eigenvalue weighted by Crippen LogP contribution is 2.23. The molecule has 0 radical (unpaired) electrons. The number of likely N-dealkylation sites (N-methyl/N-ethyl adjacent to an activating group) is 1. The molecule has 0 saturated carbocycles. The van der Waals surface area contributed by atoms with Crippen LogP contribution in [-0.2, 0) is 11.3 Å². The van der Waals surface area contributed by atoms with Crippen LogP contribution in [0.4, 0.5) is 0 Å². The fourth-order valence-electron chi connectivity index (χ4n) is 2.35. The van der Waals surface area contributed by atoms with Crippen LogP contribution in [0, 0.1) is 0 Å². The molecule has 2 aromatic rings. The van der Waals surface area contributed by atoms with Gasteiger partial charge in [-0.3, -0.25) is 0 Å². The Morgan fingerprint density at radius 3 is 3.00 bits per heavy atom. The maximum absolute atomic E-state index is 5.53. The Morgan fingerprint density at radius 1 is 1.38 bits per heavy atom. The SMILES string of the molecule is CCNC(=NCc1coc(-c2cccs2)n1)NCCN(C)CCCOC. The van der Waals surface area contributed by atoms with Crippen LogP contribution in [0.15, 0.2) is 33.2 Å². The lowest BCUT2D eigenvalue weighted by Crippen LogP contribution is -2.41. The topological polar surface area (TPSA) is 74.9 Å². The first kappa shape index (κ1) is 20.4. The molecule has 26 heavy (non-hydrogen) atoms. The highest BCUT2D eigenvalue weighted by atomic mass is 32.1. The second-order valence-corrected chi connectivity index (χ2v) is 6.84. The van der Waals surface area contributed by atoms with Crippen LogP contribution in [0.25, 0.3) is 10.8 Å². The summed E-state index contributed by atoms with van der Waals surface area (Å²) in [7, 11) is 3.85. The number of methoxy groups -OCH3 is 1. The number of ether oxygens (including phenoxy) is 1. The number of oxazole rings is 1. The van der Waals surface area contributed by atoms with Crippen molar-refractivity contribution >= 4 is 17.3 Å². The Hall–Kier alpha value is -1.90. The fourth-order valence-corrected chi connectivity index (χ4v) is 3.01. The molecule has 8 heteroatoms. The predicted molar refractivity (Wildman–Crippen MR) is 107 cm³/mol. The van der Waals surface area contributed by atoms with Crippen molar-refractivity contribution in [3.8, 4) is 10.8 Å². The predicted octanol–water partition coefficient (Wildman–Crippen LogP) is 2.43. The Labute approximate surface area is 159 Å². The van der Waals surface area contributed by atoms with Gasteiger partial charge in [0.25, 0.3) is 0 Å². The van der Waals surface area contributed by atoms with E-state index in [4.69, 9.17) is 9.15 Å². The van der Waals surface area contributed by atoms with Gasteiger partial charge in [-0.2, -0.15) is 0 Å². The van der Waals surface area contributed by atoms with E-state index in [1.54, 1.807) is 24.7 Å². The lowest BCUT2D eigenvalue weighted by molar-refractivity contribution is 0.180. The van der Waals surface area contributed by atoms with E-state index in [0.29, 0.717) is 12.4 Å². The van der Waals surface area contributed by atoms with Gasteiger partial charge in [0.05, 0.1) is 11.4 Å². The fraction of sp³-hybridized carbons (Fsp3) is 0.556. The Morgan fingerprint density at radius 2 is 2.27 bits per heavy atom. The zero-order valence-electron chi connectivity index (χ0n) is 15.8. The number of nitrogens with one attached hydrogen (secondary N) is 2. The molecule has 2 N–H and O–H groups in total. The van der Waals surface area contributed by atoms with Gasteiger partial charge in [0.15, 0.2) is 5.96 Å². The number of nitrogens with zero attached hydrogens (tertiary/aromatic N) is 3. The largest absolute Gasteiger partial charge is 0.443 e. The lowest BCUT2D eigenvalue weighted by atomic mass is 10.4. The van der Waals surface area contributed by atoms with Crippen molar-refractivity contribution in [3.63, 3.8) is 0 Å². The summed E-state index contributed by atoms with van der Waals surface area (Å²) >= 11 is 1.61. The molecule has 144 valence electrons. The van der Waals surface area contributed by atoms with E-state index in [2.05, 4.69) is 39.5 Å². The number of rotatable bonds is 11. The first-order valence-corrected chi connectivity index (χ1v) is 9.78. The summed E-state index contributed by atoms with van der Waals surface area (Å²) in [5.41, 5.74) is 0.822. The standard InChI is InChI=1S/C18H29N5O2S/c1-4-19-18(20-8-10-23(2)9-6-11-24-3)21-13-15-14-25-17(22-15)16-7-5-12-26-16/h5,7,12,14H,4,6,8-11,13H2,1-3H3,(H2,19,20,21). The Bertz CT molecular complexity index is 642. The summed E-state index contributed by atoms with van der Waals surface area (Å²) in [4.78, 5) is 12.4. The van der Waals surface area contributed by atoms with Crippen molar-refractivity contribution in [2.24, 2.45) is 4.99 Å². The third kappa shape index (κ3) is 7.15. The molecule has 0 aromatic carbocycles. The van der Waals surface area contributed by atoms with E-state index in [-0.39, 0.29) is 0 Å². The van der Waals surface area contributed by atoms with Gasteiger partial charge in [0, 0.05) is 39.9 Å². The van der Waals surface area contributed by atoms with E-state index in [1.165, 1.54) is 0 Å². The number of thiophene rings is 1. The Kier molecular flexibility index (Phi) is 9.16. The average Bonchev–Trinajstić information content (AvgIpc) is 3.31. The van der Waals surface area contributed by atoms with Crippen molar-refractivity contribution in [2.75, 3.05) is 46.9 Å². The Balaban J connectivity index is 1.79. The zero-order chi connectivity index (χ0) is 18.6. The number of aliphatic imine (C=N–C) groups is 1. The van der Waals surface area contributed by atoms with Gasteiger partial charge in [-0.05, 0) is 31.8 Å². The number of hydrogen-bond donors (Lipinski definition) is 2. The summed E-state index contributed by atoms with van der Waals surface area (Å²) in [6, 6.07) is 3.99. The van der Waals surface area contributed by atoms with Crippen LogP contribution in [0.1, 0.15) is 19.0 Å². The van der Waals surface area contributed by atoms with Crippen LogP contribution < -0.4 is 10.6 Å². The van der Waals surface area contributed by atoms with E-state index >= 15 is 0 Å². The number of aromatic nitrogens is 1. The molecule has 0 saturated heterocycles. The molecule has 0 aliphatic carbocycles. The molecular formula is C18H29N5O2S. The minimum Gasteiger partial charge on any atom is -0.443 e. The van der Waals surface area contributed by atoms with Gasteiger partial charge in [0.1, 0.15) is 12.0 Å². The van der Waals surface area contributed by atoms with E-state index in [1.807, 2.05) is 17.5 Å². The van der Waals surface area contributed by atoms with Crippen molar-refractivity contribution in [1.29, 1.82) is 0 Å².